The lowest BCUT2D eigenvalue weighted by Crippen LogP contribution is -2.29. The van der Waals surface area contributed by atoms with E-state index in [1.807, 2.05) is 0 Å². The minimum absolute atomic E-state index is 0.139. The van der Waals surface area contributed by atoms with Gasteiger partial charge in [0.25, 0.3) is 11.8 Å². The van der Waals surface area contributed by atoms with Gasteiger partial charge in [-0.3, -0.25) is 14.4 Å². The first-order chi connectivity index (χ1) is 16.6. The summed E-state index contributed by atoms with van der Waals surface area (Å²) in [7, 11) is 1.25. The van der Waals surface area contributed by atoms with E-state index in [1.165, 1.54) is 38.3 Å². The first-order valence-corrected chi connectivity index (χ1v) is 10.8. The molecule has 0 spiro atoms. The maximum Gasteiger partial charge on any atom is 0.339 e. The number of fused-ring (bicyclic) bond motifs is 1. The lowest BCUT2D eigenvalue weighted by molar-refractivity contribution is 0.0316. The van der Waals surface area contributed by atoms with Gasteiger partial charge in [0.15, 0.2) is 6.10 Å². The van der Waals surface area contributed by atoms with Crippen molar-refractivity contribution in [3.05, 3.63) is 87.7 Å². The number of amides is 2. The number of carbonyl (C=O) groups is 5. The average molecular weight is 474 g/mol. The molecule has 3 aromatic rings. The molecule has 0 radical (unpaired) electrons. The molecule has 1 atom stereocenters. The highest BCUT2D eigenvalue weighted by Crippen LogP contribution is 2.28. The number of ketones is 1. The summed E-state index contributed by atoms with van der Waals surface area (Å²) < 4.78 is 10.1. The summed E-state index contributed by atoms with van der Waals surface area (Å²) in [5, 5.41) is 0. The second kappa shape index (κ2) is 9.02. The van der Waals surface area contributed by atoms with Gasteiger partial charge >= 0.3 is 11.9 Å². The van der Waals surface area contributed by atoms with E-state index in [0.717, 1.165) is 4.90 Å². The highest BCUT2D eigenvalue weighted by molar-refractivity contribution is 6.34. The van der Waals surface area contributed by atoms with E-state index in [9.17, 15) is 24.0 Å². The molecule has 0 aliphatic carbocycles. The third-order valence-corrected chi connectivity index (χ3v) is 5.88. The van der Waals surface area contributed by atoms with Crippen molar-refractivity contribution in [2.45, 2.75) is 26.9 Å². The van der Waals surface area contributed by atoms with Crippen LogP contribution in [0.4, 0.5) is 5.69 Å². The molecule has 4 rings (SSSR count). The number of imide groups is 1. The Bertz CT molecular complexity index is 1350. The molecule has 2 heterocycles. The van der Waals surface area contributed by atoms with E-state index in [2.05, 4.69) is 4.98 Å². The van der Waals surface area contributed by atoms with E-state index < -0.39 is 35.6 Å². The molecule has 1 aliphatic heterocycles. The molecule has 2 aromatic carbocycles. The van der Waals surface area contributed by atoms with Crippen LogP contribution in [0.25, 0.3) is 0 Å². The average Bonchev–Trinajstić information content (AvgIpc) is 3.30. The van der Waals surface area contributed by atoms with Crippen LogP contribution in [0.5, 0.6) is 0 Å². The van der Waals surface area contributed by atoms with Crippen molar-refractivity contribution in [3.8, 4) is 0 Å². The molecule has 0 fully saturated rings. The summed E-state index contributed by atoms with van der Waals surface area (Å²) in [6.07, 6.45) is -1.14. The van der Waals surface area contributed by atoms with Gasteiger partial charge in [0.2, 0.25) is 5.78 Å². The standard InChI is InChI=1S/C26H22N2O7/c1-13-20(26(33)34-4)14(2)27-21(13)22(29)15(3)35-25(32)16-9-11-17(12-10-16)28-23(30)18-7-5-6-8-19(18)24(28)31/h5-12,15,27H,1-4H3/t15-/m1/s1. The second-order valence-corrected chi connectivity index (χ2v) is 8.07. The number of Topliss-reactive ketones (excluding diaryl/α,β-unsaturated/α-hetero) is 1. The topological polar surface area (TPSA) is 123 Å². The summed E-state index contributed by atoms with van der Waals surface area (Å²) in [5.74, 6) is -2.71. The number of nitrogens with zero attached hydrogens (tertiary/aromatic N) is 1. The van der Waals surface area contributed by atoms with Gasteiger partial charge in [0, 0.05) is 5.69 Å². The molecule has 9 nitrogen and oxygen atoms in total. The Labute approximate surface area is 200 Å². The van der Waals surface area contributed by atoms with Gasteiger partial charge in [0.05, 0.1) is 40.7 Å². The number of aryl methyl sites for hydroxylation is 1. The van der Waals surface area contributed by atoms with Gasteiger partial charge in [-0.15, -0.1) is 0 Å². The molecule has 9 heteroatoms. The van der Waals surface area contributed by atoms with Gasteiger partial charge < -0.3 is 14.5 Å². The van der Waals surface area contributed by atoms with E-state index in [0.29, 0.717) is 28.1 Å². The number of hydrogen-bond donors (Lipinski definition) is 1. The Morgan fingerprint density at radius 2 is 1.46 bits per heavy atom. The number of benzene rings is 2. The molecular formula is C26H22N2O7. The number of aromatic nitrogens is 1. The number of rotatable bonds is 6. The van der Waals surface area contributed by atoms with Gasteiger partial charge in [-0.25, -0.2) is 14.5 Å². The number of aromatic amines is 1. The van der Waals surface area contributed by atoms with Crippen molar-refractivity contribution in [1.82, 2.24) is 4.98 Å². The normalized spacial score (nSPS) is 13.4. The summed E-state index contributed by atoms with van der Waals surface area (Å²) in [6, 6.07) is 12.3. The highest BCUT2D eigenvalue weighted by atomic mass is 16.5. The molecule has 0 saturated carbocycles. The molecule has 35 heavy (non-hydrogen) atoms. The van der Waals surface area contributed by atoms with E-state index in [1.54, 1.807) is 38.1 Å². The molecular weight excluding hydrogens is 452 g/mol. The predicted octanol–water partition coefficient (Wildman–Crippen LogP) is 3.65. The molecule has 1 N–H and O–H groups in total. The number of esters is 2. The number of anilines is 1. The zero-order valence-electron chi connectivity index (χ0n) is 19.5. The largest absolute Gasteiger partial charge is 0.465 e. The summed E-state index contributed by atoms with van der Waals surface area (Å²) in [6.45, 7) is 4.68. The predicted molar refractivity (Wildman–Crippen MR) is 125 cm³/mol. The van der Waals surface area contributed by atoms with Gasteiger partial charge in [-0.1, -0.05) is 12.1 Å². The van der Waals surface area contributed by atoms with Gasteiger partial charge in [-0.05, 0) is 62.7 Å². The van der Waals surface area contributed by atoms with Crippen molar-refractivity contribution in [3.63, 3.8) is 0 Å². The molecule has 2 amide bonds. The van der Waals surface area contributed by atoms with Crippen LogP contribution in [-0.4, -0.2) is 47.7 Å². The first-order valence-electron chi connectivity index (χ1n) is 10.8. The number of nitrogens with one attached hydrogen (secondary N) is 1. The Kier molecular flexibility index (Phi) is 6.09. The molecule has 1 aliphatic rings. The Balaban J connectivity index is 1.48. The lowest BCUT2D eigenvalue weighted by atomic mass is 10.1. The second-order valence-electron chi connectivity index (χ2n) is 8.07. The molecule has 0 unspecified atom stereocenters. The van der Waals surface area contributed by atoms with E-state index in [4.69, 9.17) is 9.47 Å². The number of hydrogen-bond acceptors (Lipinski definition) is 7. The van der Waals surface area contributed by atoms with Crippen molar-refractivity contribution in [2.75, 3.05) is 12.0 Å². The minimum atomic E-state index is -1.14. The van der Waals surface area contributed by atoms with Crippen LogP contribution in [0, 0.1) is 13.8 Å². The Morgan fingerprint density at radius 3 is 2.00 bits per heavy atom. The monoisotopic (exact) mass is 474 g/mol. The third-order valence-electron chi connectivity index (χ3n) is 5.88. The van der Waals surface area contributed by atoms with Gasteiger partial charge in [0.1, 0.15) is 0 Å². The summed E-state index contributed by atoms with van der Waals surface area (Å²) in [4.78, 5) is 66.7. The smallest absolute Gasteiger partial charge is 0.339 e. The highest BCUT2D eigenvalue weighted by Gasteiger charge is 2.36. The number of ether oxygens (including phenoxy) is 2. The number of H-pyrrole nitrogens is 1. The van der Waals surface area contributed by atoms with Crippen LogP contribution in [0.15, 0.2) is 48.5 Å². The van der Waals surface area contributed by atoms with Gasteiger partial charge in [-0.2, -0.15) is 0 Å². The molecule has 0 bridgehead atoms. The van der Waals surface area contributed by atoms with Crippen molar-refractivity contribution >= 4 is 35.2 Å². The first kappa shape index (κ1) is 23.6. The fraction of sp³-hybridized carbons (Fsp3) is 0.192. The van der Waals surface area contributed by atoms with Crippen LogP contribution < -0.4 is 4.90 Å². The Hall–Kier alpha value is -4.53. The third kappa shape index (κ3) is 4.01. The fourth-order valence-electron chi connectivity index (χ4n) is 4.06. The van der Waals surface area contributed by atoms with Crippen LogP contribution in [0.1, 0.15) is 70.1 Å². The lowest BCUT2D eigenvalue weighted by Gasteiger charge is -2.15. The van der Waals surface area contributed by atoms with Crippen LogP contribution in [-0.2, 0) is 9.47 Å². The molecule has 0 saturated heterocycles. The van der Waals surface area contributed by atoms with Crippen molar-refractivity contribution in [2.24, 2.45) is 0 Å². The Morgan fingerprint density at radius 1 is 0.886 bits per heavy atom. The quantitative estimate of drug-likeness (QED) is 0.329. The van der Waals surface area contributed by atoms with E-state index >= 15 is 0 Å². The van der Waals surface area contributed by atoms with E-state index in [-0.39, 0.29) is 16.8 Å². The summed E-state index contributed by atoms with van der Waals surface area (Å²) in [5.41, 5.74) is 2.39. The number of carbonyl (C=O) groups excluding carboxylic acids is 5. The molecule has 1 aromatic heterocycles. The number of methoxy groups -OCH3 is 1. The minimum Gasteiger partial charge on any atom is -0.465 e. The van der Waals surface area contributed by atoms with Crippen molar-refractivity contribution < 1.29 is 33.4 Å². The molecule has 178 valence electrons. The maximum atomic E-state index is 12.9. The van der Waals surface area contributed by atoms with Crippen molar-refractivity contribution in [1.29, 1.82) is 0 Å². The summed E-state index contributed by atoms with van der Waals surface area (Å²) >= 11 is 0. The van der Waals surface area contributed by atoms with Crippen LogP contribution in [0.3, 0.4) is 0 Å². The fourth-order valence-corrected chi connectivity index (χ4v) is 4.06. The maximum absolute atomic E-state index is 12.9. The van der Waals surface area contributed by atoms with Crippen LogP contribution in [0.2, 0.25) is 0 Å². The SMILES string of the molecule is COC(=O)c1c(C)[nH]c(C(=O)[C@@H](C)OC(=O)c2ccc(N3C(=O)c4ccccc4C3=O)cc2)c1C. The zero-order valence-corrected chi connectivity index (χ0v) is 19.5. The zero-order chi connectivity index (χ0) is 25.4. The van der Waals surface area contributed by atoms with Crippen LogP contribution >= 0.6 is 0 Å².